The van der Waals surface area contributed by atoms with E-state index in [2.05, 4.69) is 0 Å². The summed E-state index contributed by atoms with van der Waals surface area (Å²) in [6.45, 7) is 1.68. The van der Waals surface area contributed by atoms with Gasteiger partial charge < -0.3 is 34.5 Å². The molecule has 1 unspecified atom stereocenters. The van der Waals surface area contributed by atoms with Crippen LogP contribution in [-0.2, 0) is 33.3 Å². The molecule has 4 aliphatic heterocycles. The molecular weight excluding hydrogens is 526 g/mol. The Balaban J connectivity index is 1.47. The third-order valence-corrected chi connectivity index (χ3v) is 9.32. The van der Waals surface area contributed by atoms with Gasteiger partial charge in [-0.15, -0.1) is 11.8 Å². The molecule has 0 saturated carbocycles. The number of rotatable bonds is 5. The van der Waals surface area contributed by atoms with Crippen molar-refractivity contribution in [3.8, 4) is 0 Å². The molecular formula is C24H24ClN3O8S. The summed E-state index contributed by atoms with van der Waals surface area (Å²) < 4.78 is 23.1. The topological polar surface area (TPSA) is 137 Å². The maximum absolute atomic E-state index is 14.3. The van der Waals surface area contributed by atoms with Gasteiger partial charge in [0.05, 0.1) is 30.9 Å². The molecule has 2 N–H and O–H groups in total. The predicted molar refractivity (Wildman–Crippen MR) is 128 cm³/mol. The van der Waals surface area contributed by atoms with Crippen molar-refractivity contribution in [3.63, 3.8) is 0 Å². The number of primary amides is 1. The summed E-state index contributed by atoms with van der Waals surface area (Å²) >= 11 is 7.19. The second-order valence-corrected chi connectivity index (χ2v) is 11.1. The van der Waals surface area contributed by atoms with Gasteiger partial charge in [0.1, 0.15) is 17.9 Å². The fourth-order valence-corrected chi connectivity index (χ4v) is 7.71. The van der Waals surface area contributed by atoms with E-state index in [9.17, 15) is 19.2 Å². The van der Waals surface area contributed by atoms with Crippen LogP contribution in [0.15, 0.2) is 40.4 Å². The van der Waals surface area contributed by atoms with Crippen LogP contribution in [0.4, 0.5) is 4.79 Å². The lowest BCUT2D eigenvalue weighted by Gasteiger charge is -2.41. The molecule has 4 heterocycles. The van der Waals surface area contributed by atoms with E-state index in [4.69, 9.17) is 36.3 Å². The highest BCUT2D eigenvalue weighted by molar-refractivity contribution is 8.00. The standard InChI is InChI=1S/C24H24ClN3O8S/c1-11(29)28-15-9-27-17-16(14(10-34-22(26)32)23(27,33-2)19(15)28)20(31)24(35-7-8-36-24)21(18(17)30)37-13-5-3-12(25)4-6-13/h3-6,14-15,19,21H,7-10H2,1-2H3,(H2,26,32)/t14-,15+,19+,21?,23-,28?/m1/s1. The first-order valence-corrected chi connectivity index (χ1v) is 13.0. The molecule has 3 saturated heterocycles. The number of Topliss-reactive ketones (excluding diaryl/α,β-unsaturated/α-hetero) is 2. The Morgan fingerprint density at radius 2 is 1.89 bits per heavy atom. The zero-order chi connectivity index (χ0) is 26.3. The second-order valence-electron chi connectivity index (χ2n) is 9.46. The summed E-state index contributed by atoms with van der Waals surface area (Å²) in [6, 6.07) is 6.25. The van der Waals surface area contributed by atoms with Crippen LogP contribution < -0.4 is 5.73 Å². The van der Waals surface area contributed by atoms with Crippen molar-refractivity contribution >= 4 is 46.9 Å². The number of thioether (sulfide) groups is 1. The molecule has 1 aliphatic carbocycles. The minimum atomic E-state index is -1.86. The third kappa shape index (κ3) is 3.26. The van der Waals surface area contributed by atoms with E-state index in [-0.39, 0.29) is 55.4 Å². The normalized spacial score (nSPS) is 33.1. The number of fused-ring (bicyclic) bond motifs is 4. The molecule has 11 nitrogen and oxygen atoms in total. The number of piperazine rings is 1. The van der Waals surface area contributed by atoms with E-state index in [1.54, 1.807) is 34.1 Å². The Labute approximate surface area is 221 Å². The maximum Gasteiger partial charge on any atom is 0.404 e. The van der Waals surface area contributed by atoms with Crippen LogP contribution in [0, 0.1) is 5.92 Å². The third-order valence-electron chi connectivity index (χ3n) is 7.76. The van der Waals surface area contributed by atoms with E-state index < -0.39 is 40.6 Å². The summed E-state index contributed by atoms with van der Waals surface area (Å²) in [5.74, 6) is -3.81. The van der Waals surface area contributed by atoms with Crippen molar-refractivity contribution in [1.29, 1.82) is 0 Å². The summed E-state index contributed by atoms with van der Waals surface area (Å²) in [7, 11) is 1.45. The van der Waals surface area contributed by atoms with Crippen molar-refractivity contribution in [2.75, 3.05) is 33.5 Å². The monoisotopic (exact) mass is 549 g/mol. The molecule has 0 radical (unpaired) electrons. The smallest absolute Gasteiger partial charge is 0.404 e. The van der Waals surface area contributed by atoms with E-state index in [0.29, 0.717) is 9.92 Å². The number of halogens is 1. The van der Waals surface area contributed by atoms with Crippen molar-refractivity contribution < 1.29 is 38.1 Å². The molecule has 13 heteroatoms. The number of carbonyl (C=O) groups excluding carboxylic acids is 4. The lowest BCUT2D eigenvalue weighted by atomic mass is 9.80. The van der Waals surface area contributed by atoms with Gasteiger partial charge in [-0.1, -0.05) is 11.6 Å². The molecule has 1 aromatic carbocycles. The Kier molecular flexibility index (Phi) is 5.63. The molecule has 0 bridgehead atoms. The quantitative estimate of drug-likeness (QED) is 0.528. The number of ether oxygens (including phenoxy) is 4. The highest BCUT2D eigenvalue weighted by Gasteiger charge is 2.79. The zero-order valence-electron chi connectivity index (χ0n) is 20.0. The first-order valence-electron chi connectivity index (χ1n) is 11.7. The summed E-state index contributed by atoms with van der Waals surface area (Å²) in [4.78, 5) is 56.6. The van der Waals surface area contributed by atoms with Gasteiger partial charge in [0.2, 0.25) is 11.7 Å². The van der Waals surface area contributed by atoms with Crippen molar-refractivity contribution in [1.82, 2.24) is 9.80 Å². The average molecular weight is 550 g/mol. The van der Waals surface area contributed by atoms with E-state index >= 15 is 0 Å². The number of nitrogens with two attached hydrogens (primary N) is 1. The van der Waals surface area contributed by atoms with E-state index in [1.807, 2.05) is 0 Å². The predicted octanol–water partition coefficient (Wildman–Crippen LogP) is 0.932. The summed E-state index contributed by atoms with van der Waals surface area (Å²) in [6.07, 6.45) is -1.03. The number of hydrogen-bond donors (Lipinski definition) is 1. The average Bonchev–Trinajstić information content (AvgIpc) is 3.16. The second kappa shape index (κ2) is 8.43. The molecule has 1 aromatic rings. The Hall–Kier alpha value is -2.64. The van der Waals surface area contributed by atoms with Gasteiger partial charge in [-0.05, 0) is 24.3 Å². The highest BCUT2D eigenvalue weighted by atomic mass is 35.5. The van der Waals surface area contributed by atoms with Crippen LogP contribution in [-0.4, -0.2) is 95.7 Å². The Bertz CT molecular complexity index is 1250. The number of hydrogen-bond acceptors (Lipinski definition) is 10. The van der Waals surface area contributed by atoms with Crippen LogP contribution in [0.1, 0.15) is 6.92 Å². The van der Waals surface area contributed by atoms with Gasteiger partial charge in [0.25, 0.3) is 5.79 Å². The Morgan fingerprint density at radius 1 is 1.22 bits per heavy atom. The number of amides is 2. The molecule has 2 amide bonds. The number of ketones is 2. The largest absolute Gasteiger partial charge is 0.449 e. The fraction of sp³-hybridized carbons (Fsp3) is 0.500. The number of benzene rings is 1. The lowest BCUT2D eigenvalue weighted by molar-refractivity contribution is -0.180. The minimum absolute atomic E-state index is 0.108. The maximum atomic E-state index is 14.3. The fourth-order valence-electron chi connectivity index (χ4n) is 6.41. The molecule has 3 fully saturated rings. The molecule has 5 aliphatic rings. The highest BCUT2D eigenvalue weighted by Crippen LogP contribution is 2.61. The molecule has 1 spiro atoms. The van der Waals surface area contributed by atoms with Crippen LogP contribution in [0.3, 0.4) is 0 Å². The zero-order valence-corrected chi connectivity index (χ0v) is 21.5. The number of carbonyl (C=O) groups is 4. The van der Waals surface area contributed by atoms with Crippen LogP contribution in [0.25, 0.3) is 0 Å². The van der Waals surface area contributed by atoms with Crippen molar-refractivity contribution in [2.45, 2.75) is 40.7 Å². The van der Waals surface area contributed by atoms with Crippen LogP contribution in [0.5, 0.6) is 0 Å². The first kappa shape index (κ1) is 24.7. The molecule has 196 valence electrons. The molecule has 6 rings (SSSR count). The van der Waals surface area contributed by atoms with Crippen molar-refractivity contribution in [3.05, 3.63) is 40.6 Å². The van der Waals surface area contributed by atoms with Crippen LogP contribution >= 0.6 is 23.4 Å². The molecule has 37 heavy (non-hydrogen) atoms. The first-order chi connectivity index (χ1) is 17.7. The molecule has 0 aromatic heterocycles. The minimum Gasteiger partial charge on any atom is -0.449 e. The van der Waals surface area contributed by atoms with Crippen LogP contribution in [0.2, 0.25) is 5.02 Å². The van der Waals surface area contributed by atoms with E-state index in [0.717, 1.165) is 11.8 Å². The lowest BCUT2D eigenvalue weighted by Crippen LogP contribution is -2.58. The van der Waals surface area contributed by atoms with E-state index in [1.165, 1.54) is 14.0 Å². The summed E-state index contributed by atoms with van der Waals surface area (Å²) in [5.41, 5.74) is 4.26. The summed E-state index contributed by atoms with van der Waals surface area (Å²) in [5, 5.41) is -0.513. The van der Waals surface area contributed by atoms with Gasteiger partial charge in [-0.25, -0.2) is 4.79 Å². The van der Waals surface area contributed by atoms with Crippen molar-refractivity contribution in [2.24, 2.45) is 11.7 Å². The number of nitrogens with zero attached hydrogens (tertiary/aromatic N) is 2. The SMILES string of the molecule is CO[C@@]12[C@H](COC(N)=O)C3=C(C(=O)C(Sc4ccc(Cl)cc4)C4(OCCO4)C3=O)N1C[C@H]1[C@@H]2N1C(C)=O. The van der Waals surface area contributed by atoms with Gasteiger partial charge in [-0.2, -0.15) is 0 Å². The van der Waals surface area contributed by atoms with Gasteiger partial charge in [0.15, 0.2) is 11.5 Å². The van der Waals surface area contributed by atoms with Gasteiger partial charge in [0, 0.05) is 36.1 Å². The van der Waals surface area contributed by atoms with Gasteiger partial charge in [-0.3, -0.25) is 14.4 Å². The number of allylic oxidation sites excluding steroid dienone is 1. The van der Waals surface area contributed by atoms with Gasteiger partial charge >= 0.3 is 6.09 Å². The Morgan fingerprint density at radius 3 is 2.49 bits per heavy atom. The molecule has 5 atom stereocenters. The number of methoxy groups -OCH3 is 1.